The van der Waals surface area contributed by atoms with E-state index in [1.807, 2.05) is 13.8 Å². The topological polar surface area (TPSA) is 66.4 Å². The molecule has 0 aromatic heterocycles. The molecule has 6 heteroatoms. The van der Waals surface area contributed by atoms with Crippen molar-refractivity contribution in [1.82, 2.24) is 5.32 Å². The monoisotopic (exact) mass is 301 g/mol. The van der Waals surface area contributed by atoms with Crippen LogP contribution in [0.5, 0.6) is 0 Å². The molecule has 1 aromatic carbocycles. The molecule has 0 radical (unpaired) electrons. The third-order valence-electron chi connectivity index (χ3n) is 2.56. The molecular weight excluding hydrogens is 286 g/mol. The molecule has 0 saturated heterocycles. The maximum absolute atomic E-state index is 11.6. The number of amides is 1. The molecule has 104 valence electrons. The Hall–Kier alpha value is -1.20. The molecule has 1 amide bonds. The molecule has 0 spiro atoms. The molecular formula is C13H16ClNO3S. The molecule has 0 saturated carbocycles. The van der Waals surface area contributed by atoms with Crippen molar-refractivity contribution in [3.63, 3.8) is 0 Å². The molecule has 2 N–H and O–H groups in total. The van der Waals surface area contributed by atoms with Crippen LogP contribution in [0.2, 0.25) is 5.02 Å². The highest BCUT2D eigenvalue weighted by Gasteiger charge is 2.11. The summed E-state index contributed by atoms with van der Waals surface area (Å²) < 4.78 is 0. The van der Waals surface area contributed by atoms with Crippen molar-refractivity contribution < 1.29 is 14.7 Å². The maximum atomic E-state index is 11.6. The lowest BCUT2D eigenvalue weighted by Crippen LogP contribution is -2.33. The highest BCUT2D eigenvalue weighted by atomic mass is 35.5. The van der Waals surface area contributed by atoms with Gasteiger partial charge in [0.05, 0.1) is 16.3 Å². The fourth-order valence-electron chi connectivity index (χ4n) is 1.33. The Labute approximate surface area is 121 Å². The molecule has 1 aromatic rings. The minimum Gasteiger partial charge on any atom is -0.478 e. The van der Waals surface area contributed by atoms with E-state index in [2.05, 4.69) is 5.32 Å². The summed E-state index contributed by atoms with van der Waals surface area (Å²) in [5.41, 5.74) is 0.0500. The molecule has 1 atom stereocenters. The van der Waals surface area contributed by atoms with E-state index in [0.717, 1.165) is 6.42 Å². The minimum absolute atomic E-state index is 0.0500. The molecule has 0 aliphatic rings. The van der Waals surface area contributed by atoms with Gasteiger partial charge in [-0.1, -0.05) is 18.5 Å². The molecule has 1 unspecified atom stereocenters. The van der Waals surface area contributed by atoms with Gasteiger partial charge in [-0.25, -0.2) is 4.79 Å². The zero-order valence-electron chi connectivity index (χ0n) is 10.8. The average molecular weight is 302 g/mol. The number of thioether (sulfide) groups is 1. The van der Waals surface area contributed by atoms with Crippen molar-refractivity contribution in [2.75, 3.05) is 5.75 Å². The lowest BCUT2D eigenvalue weighted by molar-refractivity contribution is -0.119. The van der Waals surface area contributed by atoms with E-state index in [-0.39, 0.29) is 28.3 Å². The second-order valence-electron chi connectivity index (χ2n) is 4.11. The Morgan fingerprint density at radius 3 is 2.74 bits per heavy atom. The van der Waals surface area contributed by atoms with Crippen LogP contribution in [-0.4, -0.2) is 28.8 Å². The average Bonchev–Trinajstić information content (AvgIpc) is 2.37. The van der Waals surface area contributed by atoms with Crippen molar-refractivity contribution in [3.05, 3.63) is 28.8 Å². The molecule has 0 bridgehead atoms. The summed E-state index contributed by atoms with van der Waals surface area (Å²) in [5.74, 6) is -0.881. The van der Waals surface area contributed by atoms with Crippen molar-refractivity contribution in [2.24, 2.45) is 0 Å². The second-order valence-corrected chi connectivity index (χ2v) is 5.57. The summed E-state index contributed by atoms with van der Waals surface area (Å²) in [6.45, 7) is 3.93. The summed E-state index contributed by atoms with van der Waals surface area (Å²) in [5, 5.41) is 12.0. The number of benzene rings is 1. The number of hydrogen-bond acceptors (Lipinski definition) is 3. The van der Waals surface area contributed by atoms with Crippen LogP contribution in [0.25, 0.3) is 0 Å². The third kappa shape index (κ3) is 5.12. The quantitative estimate of drug-likeness (QED) is 0.793. The molecule has 0 aliphatic heterocycles. The van der Waals surface area contributed by atoms with E-state index in [9.17, 15) is 9.59 Å². The van der Waals surface area contributed by atoms with E-state index >= 15 is 0 Å². The van der Waals surface area contributed by atoms with Gasteiger partial charge in [0.25, 0.3) is 0 Å². The number of carboxylic acids is 1. The Morgan fingerprint density at radius 2 is 2.16 bits per heavy atom. The van der Waals surface area contributed by atoms with Gasteiger partial charge in [0.15, 0.2) is 0 Å². The van der Waals surface area contributed by atoms with Gasteiger partial charge < -0.3 is 10.4 Å². The first-order valence-corrected chi connectivity index (χ1v) is 7.25. The second kappa shape index (κ2) is 7.40. The third-order valence-corrected chi connectivity index (χ3v) is 3.88. The van der Waals surface area contributed by atoms with Crippen LogP contribution in [0.3, 0.4) is 0 Å². The Bertz CT molecular complexity index is 479. The van der Waals surface area contributed by atoms with E-state index < -0.39 is 5.97 Å². The van der Waals surface area contributed by atoms with Gasteiger partial charge in [-0.3, -0.25) is 4.79 Å². The predicted molar refractivity (Wildman–Crippen MR) is 77.0 cm³/mol. The van der Waals surface area contributed by atoms with Crippen molar-refractivity contribution in [1.29, 1.82) is 0 Å². The first kappa shape index (κ1) is 15.9. The highest BCUT2D eigenvalue weighted by Crippen LogP contribution is 2.24. The van der Waals surface area contributed by atoms with E-state index in [4.69, 9.17) is 16.7 Å². The highest BCUT2D eigenvalue weighted by molar-refractivity contribution is 8.00. The lowest BCUT2D eigenvalue weighted by atomic mass is 10.2. The van der Waals surface area contributed by atoms with Crippen molar-refractivity contribution in [3.8, 4) is 0 Å². The summed E-state index contributed by atoms with van der Waals surface area (Å²) in [4.78, 5) is 23.2. The Kier molecular flexibility index (Phi) is 6.18. The number of carbonyl (C=O) groups excluding carboxylic acids is 1. The van der Waals surface area contributed by atoms with Crippen LogP contribution in [0.15, 0.2) is 23.1 Å². The zero-order chi connectivity index (χ0) is 14.4. The van der Waals surface area contributed by atoms with Gasteiger partial charge in [0.1, 0.15) is 0 Å². The number of aromatic carboxylic acids is 1. The zero-order valence-corrected chi connectivity index (χ0v) is 12.3. The molecule has 0 heterocycles. The van der Waals surface area contributed by atoms with Crippen molar-refractivity contribution in [2.45, 2.75) is 31.2 Å². The molecule has 0 fully saturated rings. The van der Waals surface area contributed by atoms with Gasteiger partial charge in [0.2, 0.25) is 5.91 Å². The summed E-state index contributed by atoms with van der Waals surface area (Å²) in [6, 6.07) is 4.86. The van der Waals surface area contributed by atoms with E-state index in [1.165, 1.54) is 23.9 Å². The number of carboxylic acid groups (broad SMARTS) is 1. The smallest absolute Gasteiger partial charge is 0.337 e. The van der Waals surface area contributed by atoms with Gasteiger partial charge in [-0.05, 0) is 31.5 Å². The van der Waals surface area contributed by atoms with Gasteiger partial charge >= 0.3 is 5.97 Å². The van der Waals surface area contributed by atoms with Crippen LogP contribution < -0.4 is 5.32 Å². The fraction of sp³-hybridized carbons (Fsp3) is 0.385. The first-order valence-electron chi connectivity index (χ1n) is 5.89. The standard InChI is InChI=1S/C13H16ClNO3S/c1-3-8(2)15-12(16)7-19-9-4-5-11(14)10(6-9)13(17)18/h4-6,8H,3,7H2,1-2H3,(H,15,16)(H,17,18). The van der Waals surface area contributed by atoms with Gasteiger partial charge in [-0.2, -0.15) is 0 Å². The lowest BCUT2D eigenvalue weighted by Gasteiger charge is -2.11. The van der Waals surface area contributed by atoms with Crippen LogP contribution in [0.4, 0.5) is 0 Å². The van der Waals surface area contributed by atoms with E-state index in [0.29, 0.717) is 4.90 Å². The van der Waals surface area contributed by atoms with Crippen LogP contribution in [-0.2, 0) is 4.79 Å². The van der Waals surface area contributed by atoms with Crippen LogP contribution in [0.1, 0.15) is 30.6 Å². The largest absolute Gasteiger partial charge is 0.478 e. The SMILES string of the molecule is CCC(C)NC(=O)CSc1ccc(Cl)c(C(=O)O)c1. The molecule has 0 aliphatic carbocycles. The maximum Gasteiger partial charge on any atom is 0.337 e. The number of halogens is 1. The normalized spacial score (nSPS) is 11.9. The van der Waals surface area contributed by atoms with Crippen LogP contribution >= 0.6 is 23.4 Å². The Morgan fingerprint density at radius 1 is 1.47 bits per heavy atom. The molecule has 19 heavy (non-hydrogen) atoms. The molecule has 4 nitrogen and oxygen atoms in total. The number of rotatable bonds is 6. The number of carbonyl (C=O) groups is 2. The minimum atomic E-state index is -1.07. The van der Waals surface area contributed by atoms with Crippen molar-refractivity contribution >= 4 is 35.2 Å². The summed E-state index contributed by atoms with van der Waals surface area (Å²) in [7, 11) is 0. The van der Waals surface area contributed by atoms with Gasteiger partial charge in [-0.15, -0.1) is 11.8 Å². The molecule has 1 rings (SSSR count). The number of nitrogens with one attached hydrogen (secondary N) is 1. The predicted octanol–water partition coefficient (Wildman–Crippen LogP) is 3.05. The number of hydrogen-bond donors (Lipinski definition) is 2. The van der Waals surface area contributed by atoms with Gasteiger partial charge in [0, 0.05) is 10.9 Å². The summed E-state index contributed by atoms with van der Waals surface area (Å²) in [6.07, 6.45) is 0.876. The van der Waals surface area contributed by atoms with Crippen LogP contribution in [0, 0.1) is 0 Å². The summed E-state index contributed by atoms with van der Waals surface area (Å²) >= 11 is 7.06. The fourth-order valence-corrected chi connectivity index (χ4v) is 2.27. The van der Waals surface area contributed by atoms with E-state index in [1.54, 1.807) is 6.07 Å². The first-order chi connectivity index (χ1) is 8.93. The Balaban J connectivity index is 2.61.